The maximum Gasteiger partial charge on any atom is 0.133 e. The normalized spacial score (nSPS) is 55.7. The smallest absolute Gasteiger partial charge is 0.133 e. The Hall–Kier alpha value is -0.370. The molecule has 2 heteroatoms. The van der Waals surface area contributed by atoms with Crippen LogP contribution in [-0.2, 0) is 4.79 Å². The van der Waals surface area contributed by atoms with E-state index in [1.54, 1.807) is 6.92 Å². The van der Waals surface area contributed by atoms with Gasteiger partial charge in [0.05, 0.1) is 6.10 Å². The molecule has 0 saturated heterocycles. The maximum atomic E-state index is 12.2. The largest absolute Gasteiger partial charge is 0.393 e. The summed E-state index contributed by atoms with van der Waals surface area (Å²) in [4.78, 5) is 12.2. The molecule has 4 aliphatic rings. The maximum absolute atomic E-state index is 12.2. The van der Waals surface area contributed by atoms with Crippen molar-refractivity contribution in [2.45, 2.75) is 84.7 Å². The van der Waals surface area contributed by atoms with Crippen LogP contribution in [0.3, 0.4) is 0 Å². The molecule has 0 aliphatic heterocycles. The summed E-state index contributed by atoms with van der Waals surface area (Å²) in [5.41, 5.74) is 0.615. The van der Waals surface area contributed by atoms with Crippen molar-refractivity contribution in [3.63, 3.8) is 0 Å². The summed E-state index contributed by atoms with van der Waals surface area (Å²) >= 11 is 0. The Morgan fingerprint density at radius 2 is 1.70 bits per heavy atom. The Morgan fingerprint density at radius 3 is 2.43 bits per heavy atom. The summed E-state index contributed by atoms with van der Waals surface area (Å²) in [5, 5.41) is 11.1. The minimum atomic E-state index is -0.119. The van der Waals surface area contributed by atoms with Gasteiger partial charge in [-0.2, -0.15) is 0 Å². The number of fused-ring (bicyclic) bond motifs is 5. The van der Waals surface area contributed by atoms with Gasteiger partial charge in [-0.15, -0.1) is 0 Å². The number of ketones is 1. The molecule has 8 atom stereocenters. The minimum absolute atomic E-state index is 0.119. The third-order valence-electron chi connectivity index (χ3n) is 9.09. The van der Waals surface area contributed by atoms with Crippen LogP contribution in [0, 0.1) is 40.4 Å². The number of carbonyl (C=O) groups excluding carboxylic acids is 1. The highest BCUT2D eigenvalue weighted by molar-refractivity contribution is 5.79. The highest BCUT2D eigenvalue weighted by Gasteiger charge is 2.62. The average Bonchev–Trinajstić information content (AvgIpc) is 2.85. The first-order valence-electron chi connectivity index (χ1n) is 10.1. The molecule has 4 aliphatic carbocycles. The van der Waals surface area contributed by atoms with Crippen molar-refractivity contribution >= 4 is 5.78 Å². The van der Waals surface area contributed by atoms with Crippen molar-refractivity contribution in [3.8, 4) is 0 Å². The Bertz CT molecular complexity index is 500. The first kappa shape index (κ1) is 16.1. The van der Waals surface area contributed by atoms with E-state index in [0.29, 0.717) is 29.0 Å². The Morgan fingerprint density at radius 1 is 0.957 bits per heavy atom. The lowest BCUT2D eigenvalue weighted by atomic mass is 9.44. The summed E-state index contributed by atoms with van der Waals surface area (Å²) in [6, 6.07) is 0. The first-order valence-corrected chi connectivity index (χ1v) is 10.1. The summed E-state index contributed by atoms with van der Waals surface area (Å²) in [7, 11) is 0. The first-order chi connectivity index (χ1) is 10.9. The van der Waals surface area contributed by atoms with E-state index in [-0.39, 0.29) is 17.4 Å². The fourth-order valence-electron chi connectivity index (χ4n) is 7.92. The number of aliphatic hydroxyl groups excluding tert-OH is 1. The average molecular weight is 319 g/mol. The molecule has 4 fully saturated rings. The van der Waals surface area contributed by atoms with E-state index in [4.69, 9.17) is 0 Å². The molecule has 0 amide bonds. The number of Topliss-reactive ketones (excluding diaryl/α,β-unsaturated/α-hetero) is 1. The van der Waals surface area contributed by atoms with Crippen molar-refractivity contribution in [1.82, 2.24) is 0 Å². The van der Waals surface area contributed by atoms with E-state index < -0.39 is 0 Å². The van der Waals surface area contributed by atoms with Crippen LogP contribution in [0.4, 0.5) is 0 Å². The summed E-state index contributed by atoms with van der Waals surface area (Å²) in [6.45, 7) is 6.70. The van der Waals surface area contributed by atoms with Crippen LogP contribution in [0.1, 0.15) is 78.6 Å². The zero-order valence-corrected chi connectivity index (χ0v) is 15.2. The third-order valence-corrected chi connectivity index (χ3v) is 9.09. The molecule has 0 bridgehead atoms. The van der Waals surface area contributed by atoms with Gasteiger partial charge >= 0.3 is 0 Å². The molecule has 130 valence electrons. The lowest BCUT2D eigenvalue weighted by Crippen LogP contribution is -2.57. The van der Waals surface area contributed by atoms with Gasteiger partial charge in [-0.3, -0.25) is 4.79 Å². The molecule has 23 heavy (non-hydrogen) atoms. The van der Waals surface area contributed by atoms with Gasteiger partial charge in [-0.05, 0) is 86.4 Å². The predicted molar refractivity (Wildman–Crippen MR) is 91.9 cm³/mol. The van der Waals surface area contributed by atoms with E-state index in [1.165, 1.54) is 44.9 Å². The van der Waals surface area contributed by atoms with Crippen LogP contribution in [0.5, 0.6) is 0 Å². The second-order valence-electron chi connectivity index (χ2n) is 9.83. The van der Waals surface area contributed by atoms with Crippen LogP contribution < -0.4 is 0 Å². The molecule has 0 radical (unpaired) electrons. The molecule has 4 saturated carbocycles. The SMILES string of the molecule is CC(=O)C1CCC2C3C(O)CC4CCCCC4(C)C3CCC12C. The van der Waals surface area contributed by atoms with Crippen molar-refractivity contribution in [2.24, 2.45) is 40.4 Å². The lowest BCUT2D eigenvalue weighted by molar-refractivity contribution is -0.164. The number of hydrogen-bond acceptors (Lipinski definition) is 2. The van der Waals surface area contributed by atoms with Gasteiger partial charge in [0.1, 0.15) is 5.78 Å². The molecule has 1 N–H and O–H groups in total. The Kier molecular flexibility index (Phi) is 3.72. The van der Waals surface area contributed by atoms with Gasteiger partial charge < -0.3 is 5.11 Å². The zero-order valence-electron chi connectivity index (χ0n) is 15.2. The van der Waals surface area contributed by atoms with Gasteiger partial charge in [-0.1, -0.05) is 26.7 Å². The van der Waals surface area contributed by atoms with Crippen molar-refractivity contribution < 1.29 is 9.90 Å². The van der Waals surface area contributed by atoms with Gasteiger partial charge in [0.2, 0.25) is 0 Å². The minimum Gasteiger partial charge on any atom is -0.393 e. The predicted octanol–water partition coefficient (Wildman–Crippen LogP) is 4.60. The number of carbonyl (C=O) groups is 1. The van der Waals surface area contributed by atoms with Crippen LogP contribution in [0.25, 0.3) is 0 Å². The van der Waals surface area contributed by atoms with E-state index >= 15 is 0 Å². The number of rotatable bonds is 1. The monoisotopic (exact) mass is 318 g/mol. The summed E-state index contributed by atoms with van der Waals surface area (Å²) in [5.74, 6) is 3.10. The van der Waals surface area contributed by atoms with Gasteiger partial charge in [-0.25, -0.2) is 0 Å². The van der Waals surface area contributed by atoms with Gasteiger partial charge in [0, 0.05) is 5.92 Å². The van der Waals surface area contributed by atoms with E-state index in [2.05, 4.69) is 13.8 Å². The van der Waals surface area contributed by atoms with E-state index in [9.17, 15) is 9.90 Å². The lowest BCUT2D eigenvalue weighted by Gasteiger charge is -2.61. The molecule has 0 heterocycles. The summed E-state index contributed by atoms with van der Waals surface area (Å²) in [6.07, 6.45) is 11.0. The Labute approximate surface area is 141 Å². The molecular weight excluding hydrogens is 284 g/mol. The van der Waals surface area contributed by atoms with E-state index in [1.807, 2.05) is 0 Å². The highest BCUT2D eigenvalue weighted by atomic mass is 16.3. The van der Waals surface area contributed by atoms with Crippen molar-refractivity contribution in [1.29, 1.82) is 0 Å². The van der Waals surface area contributed by atoms with Crippen molar-refractivity contribution in [2.75, 3.05) is 0 Å². The standard InChI is InChI=1S/C21H34O2/c1-13(22)15-7-8-16-19-17(9-11-21(15,16)3)20(2)10-5-4-6-14(20)12-18(19)23/h14-19,23H,4-12H2,1-3H3. The molecule has 8 unspecified atom stereocenters. The molecule has 0 aromatic rings. The molecule has 2 nitrogen and oxygen atoms in total. The number of aliphatic hydroxyl groups is 1. The van der Waals surface area contributed by atoms with Crippen molar-refractivity contribution in [3.05, 3.63) is 0 Å². The fourth-order valence-corrected chi connectivity index (χ4v) is 7.92. The third kappa shape index (κ3) is 2.12. The topological polar surface area (TPSA) is 37.3 Å². The van der Waals surface area contributed by atoms with Crippen LogP contribution in [0.2, 0.25) is 0 Å². The van der Waals surface area contributed by atoms with Gasteiger partial charge in [0.15, 0.2) is 0 Å². The quantitative estimate of drug-likeness (QED) is 0.767. The molecular formula is C21H34O2. The van der Waals surface area contributed by atoms with E-state index in [0.717, 1.165) is 18.8 Å². The zero-order chi connectivity index (χ0) is 16.4. The second kappa shape index (κ2) is 5.31. The number of hydrogen-bond donors (Lipinski definition) is 1. The van der Waals surface area contributed by atoms with Crippen LogP contribution >= 0.6 is 0 Å². The molecule has 4 rings (SSSR count). The van der Waals surface area contributed by atoms with Crippen LogP contribution in [0.15, 0.2) is 0 Å². The molecule has 0 aromatic carbocycles. The second-order valence-corrected chi connectivity index (χ2v) is 9.83. The highest BCUT2D eigenvalue weighted by Crippen LogP contribution is 2.67. The fraction of sp³-hybridized carbons (Fsp3) is 0.952. The van der Waals surface area contributed by atoms with Gasteiger partial charge in [0.25, 0.3) is 0 Å². The Balaban J connectivity index is 1.68. The summed E-state index contributed by atoms with van der Waals surface area (Å²) < 4.78 is 0. The molecule has 0 spiro atoms. The molecule has 0 aromatic heterocycles. The van der Waals surface area contributed by atoms with Crippen LogP contribution in [-0.4, -0.2) is 17.0 Å².